The van der Waals surface area contributed by atoms with Gasteiger partial charge in [0.25, 0.3) is 0 Å². The molecule has 1 saturated carbocycles. The molecule has 1 saturated heterocycles. The van der Waals surface area contributed by atoms with Gasteiger partial charge in [-0.3, -0.25) is 28.0 Å². The van der Waals surface area contributed by atoms with E-state index in [1.807, 2.05) is 25.2 Å². The molecule has 2 aliphatic rings. The number of Topliss-reactive ketones (excluding diaryl/α,β-unsaturated/α-hetero) is 1. The highest BCUT2D eigenvalue weighted by Crippen LogP contribution is 2.49. The molecular weight excluding hydrogens is 954 g/mol. The van der Waals surface area contributed by atoms with Gasteiger partial charge in [0.2, 0.25) is 0 Å². The molecule has 2 bridgehead atoms. The monoisotopic (exact) mass is 1040 g/mol. The van der Waals surface area contributed by atoms with Crippen LogP contribution in [0.1, 0.15) is 149 Å². The number of ether oxygens (including phenoxy) is 2. The van der Waals surface area contributed by atoms with Gasteiger partial charge in [-0.1, -0.05) is 126 Å². The van der Waals surface area contributed by atoms with Crippen LogP contribution in [0.3, 0.4) is 0 Å². The van der Waals surface area contributed by atoms with Crippen LogP contribution in [-0.4, -0.2) is 131 Å². The predicted octanol–water partition coefficient (Wildman–Crippen LogP) is 6.43. The van der Waals surface area contributed by atoms with Crippen molar-refractivity contribution in [1.82, 2.24) is 0 Å². The molecule has 1 aliphatic heterocycles. The molecule has 0 spiro atoms. The Kier molecular flexibility index (Phi) is 32.1. The largest absolute Gasteiger partial charge is 0.472 e. The number of esters is 2. The van der Waals surface area contributed by atoms with E-state index in [-0.39, 0.29) is 32.1 Å². The first-order valence-corrected chi connectivity index (χ1v) is 28.0. The molecular formula is C49H82O19P2. The van der Waals surface area contributed by atoms with Crippen LogP contribution in [0.15, 0.2) is 60.8 Å². The van der Waals surface area contributed by atoms with Gasteiger partial charge >= 0.3 is 27.6 Å². The van der Waals surface area contributed by atoms with Crippen molar-refractivity contribution in [3.05, 3.63) is 60.8 Å². The van der Waals surface area contributed by atoms with Crippen LogP contribution in [-0.2, 0) is 46.6 Å². The van der Waals surface area contributed by atoms with E-state index in [0.717, 1.165) is 44.3 Å². The number of ketones is 1. The predicted molar refractivity (Wildman–Crippen MR) is 260 cm³/mol. The molecule has 0 aromatic heterocycles. The van der Waals surface area contributed by atoms with Crippen LogP contribution < -0.4 is 0 Å². The van der Waals surface area contributed by atoms with E-state index in [1.54, 1.807) is 0 Å². The minimum Gasteiger partial charge on any atom is -0.462 e. The second-order valence-corrected chi connectivity index (χ2v) is 20.6. The molecule has 0 amide bonds. The lowest BCUT2D eigenvalue weighted by Gasteiger charge is -2.38. The first kappa shape index (κ1) is 63.4. The van der Waals surface area contributed by atoms with Gasteiger partial charge in [-0.25, -0.2) is 9.13 Å². The van der Waals surface area contributed by atoms with Gasteiger partial charge in [-0.15, -0.1) is 0 Å². The number of phosphoric acid groups is 2. The number of aliphatic hydroxyl groups is 6. The number of hydrogen-bond donors (Lipinski definition) is 9. The smallest absolute Gasteiger partial charge is 0.462 e. The van der Waals surface area contributed by atoms with Crippen molar-refractivity contribution in [3.63, 3.8) is 0 Å². The average Bonchev–Trinajstić information content (AvgIpc) is 3.30. The number of hydrogen-bond acceptors (Lipinski definition) is 16. The highest BCUT2D eigenvalue weighted by Gasteiger charge is 2.51. The zero-order valence-electron chi connectivity index (χ0n) is 40.9. The van der Waals surface area contributed by atoms with Crippen molar-refractivity contribution < 1.29 is 91.9 Å². The summed E-state index contributed by atoms with van der Waals surface area (Å²) in [5, 5.41) is 68.2. The van der Waals surface area contributed by atoms with Crippen molar-refractivity contribution in [3.8, 4) is 0 Å². The van der Waals surface area contributed by atoms with E-state index in [9.17, 15) is 68.8 Å². The number of rotatable bonds is 23. The van der Waals surface area contributed by atoms with Crippen LogP contribution in [0.25, 0.3) is 0 Å². The topological polar surface area (TPSA) is 314 Å². The van der Waals surface area contributed by atoms with Gasteiger partial charge < -0.3 is 54.8 Å². The number of cyclic esters (lactones) is 1. The summed E-state index contributed by atoms with van der Waals surface area (Å²) in [4.78, 5) is 70.7. The van der Waals surface area contributed by atoms with Gasteiger partial charge in [0.05, 0.1) is 36.9 Å². The highest BCUT2D eigenvalue weighted by atomic mass is 31.2. The molecule has 0 aromatic rings. The normalized spacial score (nSPS) is 30.5. The van der Waals surface area contributed by atoms with Crippen molar-refractivity contribution in [2.75, 3.05) is 13.2 Å². The molecule has 9 N–H and O–H groups in total. The molecule has 0 aromatic carbocycles. The summed E-state index contributed by atoms with van der Waals surface area (Å²) in [6, 6.07) is 0. The molecule has 1 unspecified atom stereocenters. The Morgan fingerprint density at radius 2 is 1.39 bits per heavy atom. The number of allylic oxidation sites excluding steroid dienone is 8. The summed E-state index contributed by atoms with van der Waals surface area (Å²) in [7, 11) is -11.5. The molecule has 19 nitrogen and oxygen atoms in total. The van der Waals surface area contributed by atoms with Gasteiger partial charge in [0, 0.05) is 25.2 Å². The lowest BCUT2D eigenvalue weighted by atomic mass is 9.82. The Bertz CT molecular complexity index is 1750. The Hall–Kier alpha value is -2.71. The minimum absolute atomic E-state index is 0.0700. The molecule has 70 heavy (non-hydrogen) atoms. The molecule has 2 rings (SSSR count). The van der Waals surface area contributed by atoms with Crippen LogP contribution in [0.5, 0.6) is 0 Å². The fourth-order valence-corrected chi connectivity index (χ4v) is 9.53. The summed E-state index contributed by atoms with van der Waals surface area (Å²) in [5.74, 6) is -5.73. The van der Waals surface area contributed by atoms with E-state index >= 15 is 0 Å². The lowest BCUT2D eigenvalue weighted by Crippen LogP contribution is -2.56. The Balaban J connectivity index is 2.34. The van der Waals surface area contributed by atoms with Gasteiger partial charge in [0.15, 0.2) is 6.10 Å². The SMILES string of the molecule is CCCCC/C=C\C/C=C\C/C=C\C/C=C\CCCC(=O)O[C@@H]1COC(=O)CCCCCC[C@@H]2[C@@H](O)[C@H](O)[C@@H](O)[C@H](OP(=O)(O)OC1)[C@H](OP(=O)(O)O)[C@H](O)[C@@H](/C=C/[C@@H](O)CCCCC)C(=O)C[C@@H]2O. The Morgan fingerprint density at radius 1 is 0.786 bits per heavy atom. The third-order valence-corrected chi connectivity index (χ3v) is 13.5. The average molecular weight is 1040 g/mol. The van der Waals surface area contributed by atoms with Gasteiger partial charge in [-0.2, -0.15) is 0 Å². The van der Waals surface area contributed by atoms with Crippen molar-refractivity contribution in [2.24, 2.45) is 11.8 Å². The number of aliphatic hydroxyl groups excluding tert-OH is 6. The third-order valence-electron chi connectivity index (χ3n) is 12.0. The van der Waals surface area contributed by atoms with E-state index in [0.29, 0.717) is 44.9 Å². The molecule has 1 heterocycles. The fourth-order valence-electron chi connectivity index (χ4n) is 8.00. The number of phosphoric ester groups is 2. The summed E-state index contributed by atoms with van der Waals surface area (Å²) in [5.41, 5.74) is 0. The first-order chi connectivity index (χ1) is 33.3. The zero-order valence-corrected chi connectivity index (χ0v) is 42.7. The number of carbonyl (C=O) groups is 3. The second-order valence-electron chi connectivity index (χ2n) is 18.0. The highest BCUT2D eigenvalue weighted by molar-refractivity contribution is 7.47. The first-order valence-electron chi connectivity index (χ1n) is 24.9. The van der Waals surface area contributed by atoms with E-state index in [1.165, 1.54) is 19.3 Å². The van der Waals surface area contributed by atoms with Crippen LogP contribution in [0, 0.1) is 11.8 Å². The molecule has 1 aliphatic carbocycles. The summed E-state index contributed by atoms with van der Waals surface area (Å²) in [6.07, 6.45) is 10.0. The van der Waals surface area contributed by atoms with Crippen molar-refractivity contribution in [2.45, 2.75) is 204 Å². The zero-order chi connectivity index (χ0) is 52.0. The quantitative estimate of drug-likeness (QED) is 0.0230. The standard InChI is InChI=1S/C49H82O19P2/c1-3-5-7-8-9-10-11-12-13-14-15-16-17-18-19-20-26-30-43(54)66-37-34-64-42(53)29-25-22-21-24-28-38-40(51)33-41(52)39(32-31-36(50)27-23-6-4-2)45(56)48(67-69(59,60)61)49(47(58)46(57)44(38)55)68-70(62,63)65-35-37/h9-10,12-13,15-16,18-19,31-32,36-40,44-51,55-58H,3-8,11,14,17,20-30,33-35H2,1-2H3,(H,62,63)(H2,59,60,61)/b10-9-,13-12-,16-15-,19-18-,32-31+/t36-,37+,38-,39-,40-,44+,45+,46-,47+,48+,49-/m0/s1. The lowest BCUT2D eigenvalue weighted by molar-refractivity contribution is -0.165. The van der Waals surface area contributed by atoms with Crippen LogP contribution >= 0.6 is 15.6 Å². The number of fused-ring (bicyclic) bond motifs is 4. The maximum Gasteiger partial charge on any atom is 0.472 e. The fraction of sp³-hybridized carbons (Fsp3) is 0.735. The molecule has 0 radical (unpaired) electrons. The maximum absolute atomic E-state index is 13.9. The van der Waals surface area contributed by atoms with E-state index in [4.69, 9.17) is 23.0 Å². The molecule has 12 atom stereocenters. The molecule has 2 fully saturated rings. The summed E-state index contributed by atoms with van der Waals surface area (Å²) in [6.45, 7) is 2.49. The number of unbranched alkanes of at least 4 members (excludes halogenated alkanes) is 6. The van der Waals surface area contributed by atoms with Crippen LogP contribution in [0.2, 0.25) is 0 Å². The second kappa shape index (κ2) is 35.4. The van der Waals surface area contributed by atoms with E-state index < -0.39 is 120 Å². The van der Waals surface area contributed by atoms with Crippen molar-refractivity contribution >= 4 is 33.4 Å². The molecule has 402 valence electrons. The van der Waals surface area contributed by atoms with E-state index in [2.05, 4.69) is 37.3 Å². The number of carbonyl (C=O) groups excluding carboxylic acids is 3. The third kappa shape index (κ3) is 26.8. The summed E-state index contributed by atoms with van der Waals surface area (Å²) >= 11 is 0. The Labute approximate surface area is 413 Å². The minimum atomic E-state index is -5.80. The van der Waals surface area contributed by atoms with Crippen molar-refractivity contribution in [1.29, 1.82) is 0 Å². The van der Waals surface area contributed by atoms with Gasteiger partial charge in [0.1, 0.15) is 36.8 Å². The maximum atomic E-state index is 13.9. The molecule has 21 heteroatoms. The summed E-state index contributed by atoms with van der Waals surface area (Å²) < 4.78 is 52.1. The van der Waals surface area contributed by atoms with Gasteiger partial charge in [-0.05, 0) is 64.2 Å². The van der Waals surface area contributed by atoms with Crippen LogP contribution in [0.4, 0.5) is 0 Å². The Morgan fingerprint density at radius 3 is 2.01 bits per heavy atom.